The molecule has 0 aliphatic heterocycles. The molecule has 0 amide bonds. The van der Waals surface area contributed by atoms with Crippen molar-refractivity contribution >= 4 is 11.6 Å². The van der Waals surface area contributed by atoms with Crippen molar-refractivity contribution in [2.24, 2.45) is 0 Å². The Labute approximate surface area is 113 Å². The van der Waals surface area contributed by atoms with Crippen LogP contribution >= 0.6 is 0 Å². The van der Waals surface area contributed by atoms with Crippen molar-refractivity contribution < 1.29 is 0 Å². The largest absolute Gasteiger partial charge is 0.373 e. The summed E-state index contributed by atoms with van der Waals surface area (Å²) in [7, 11) is 1.88. The lowest BCUT2D eigenvalue weighted by Crippen LogP contribution is -2.09. The van der Waals surface area contributed by atoms with Gasteiger partial charge < -0.3 is 10.6 Å². The standard InChI is InChI=1S/C14H19N5/c1-4-12-18-13(15-3)10(2)14(19-12)17-9-11-5-7-16-8-6-11/h5-8H,4,9H2,1-3H3,(H2,15,17,18,19). The summed E-state index contributed by atoms with van der Waals surface area (Å²) in [5, 5.41) is 6.47. The van der Waals surface area contributed by atoms with Gasteiger partial charge in [-0.1, -0.05) is 6.92 Å². The number of anilines is 2. The van der Waals surface area contributed by atoms with Gasteiger partial charge in [-0.3, -0.25) is 4.98 Å². The fourth-order valence-electron chi connectivity index (χ4n) is 1.82. The van der Waals surface area contributed by atoms with Crippen LogP contribution in [0.1, 0.15) is 23.9 Å². The molecule has 2 heterocycles. The van der Waals surface area contributed by atoms with Crippen molar-refractivity contribution in [1.29, 1.82) is 0 Å². The number of pyridine rings is 1. The number of nitrogens with zero attached hydrogens (tertiary/aromatic N) is 3. The molecule has 0 saturated heterocycles. The molecule has 0 aliphatic rings. The minimum Gasteiger partial charge on any atom is -0.373 e. The molecule has 0 aliphatic carbocycles. The molecular weight excluding hydrogens is 238 g/mol. The van der Waals surface area contributed by atoms with Gasteiger partial charge in [0.15, 0.2) is 0 Å². The SMILES string of the molecule is CCc1nc(NC)c(C)c(NCc2ccncc2)n1. The molecular formula is C14H19N5. The highest BCUT2D eigenvalue weighted by Crippen LogP contribution is 2.20. The van der Waals surface area contributed by atoms with Crippen LogP contribution in [0.2, 0.25) is 0 Å². The fraction of sp³-hybridized carbons (Fsp3) is 0.357. The van der Waals surface area contributed by atoms with Gasteiger partial charge in [0, 0.05) is 38.0 Å². The van der Waals surface area contributed by atoms with E-state index in [9.17, 15) is 0 Å². The molecule has 2 aromatic rings. The molecule has 2 aromatic heterocycles. The van der Waals surface area contributed by atoms with Gasteiger partial charge in [0.05, 0.1) is 0 Å². The maximum atomic E-state index is 4.54. The molecule has 0 spiro atoms. The summed E-state index contributed by atoms with van der Waals surface area (Å²) in [6.07, 6.45) is 4.40. The molecule has 0 fully saturated rings. The zero-order valence-corrected chi connectivity index (χ0v) is 11.6. The average molecular weight is 257 g/mol. The van der Waals surface area contributed by atoms with E-state index >= 15 is 0 Å². The molecule has 0 saturated carbocycles. The Balaban J connectivity index is 2.19. The molecule has 0 bridgehead atoms. The highest BCUT2D eigenvalue weighted by Gasteiger charge is 2.08. The Morgan fingerprint density at radius 1 is 1.11 bits per heavy atom. The molecule has 2 N–H and O–H groups in total. The second-order valence-electron chi connectivity index (χ2n) is 4.27. The lowest BCUT2D eigenvalue weighted by Gasteiger charge is -2.13. The molecule has 19 heavy (non-hydrogen) atoms. The number of rotatable bonds is 5. The highest BCUT2D eigenvalue weighted by atomic mass is 15.1. The summed E-state index contributed by atoms with van der Waals surface area (Å²) in [6.45, 7) is 4.80. The Hall–Kier alpha value is -2.17. The third-order valence-electron chi connectivity index (χ3n) is 2.95. The molecule has 100 valence electrons. The fourth-order valence-corrected chi connectivity index (χ4v) is 1.82. The Kier molecular flexibility index (Phi) is 4.28. The van der Waals surface area contributed by atoms with Gasteiger partial charge in [-0.15, -0.1) is 0 Å². The van der Waals surface area contributed by atoms with Crippen LogP contribution in [0.25, 0.3) is 0 Å². The summed E-state index contributed by atoms with van der Waals surface area (Å²) in [5.74, 6) is 2.60. The third-order valence-corrected chi connectivity index (χ3v) is 2.95. The number of aryl methyl sites for hydroxylation is 1. The summed E-state index contributed by atoms with van der Waals surface area (Å²) < 4.78 is 0. The van der Waals surface area contributed by atoms with Crippen LogP contribution in [0.5, 0.6) is 0 Å². The van der Waals surface area contributed by atoms with Crippen LogP contribution in [0.4, 0.5) is 11.6 Å². The Morgan fingerprint density at radius 3 is 2.42 bits per heavy atom. The second kappa shape index (κ2) is 6.13. The zero-order chi connectivity index (χ0) is 13.7. The van der Waals surface area contributed by atoms with Gasteiger partial charge in [-0.2, -0.15) is 0 Å². The van der Waals surface area contributed by atoms with Crippen molar-refractivity contribution in [2.75, 3.05) is 17.7 Å². The van der Waals surface area contributed by atoms with Crippen LogP contribution in [-0.4, -0.2) is 22.0 Å². The van der Waals surface area contributed by atoms with Gasteiger partial charge in [0.2, 0.25) is 0 Å². The van der Waals surface area contributed by atoms with Gasteiger partial charge in [0.25, 0.3) is 0 Å². The van der Waals surface area contributed by atoms with Crippen LogP contribution < -0.4 is 10.6 Å². The maximum absolute atomic E-state index is 4.54. The van der Waals surface area contributed by atoms with E-state index in [1.165, 1.54) is 5.56 Å². The number of aromatic nitrogens is 3. The molecule has 0 atom stereocenters. The van der Waals surface area contributed by atoms with E-state index in [1.807, 2.05) is 26.1 Å². The Bertz CT molecular complexity index is 539. The number of hydrogen-bond donors (Lipinski definition) is 2. The van der Waals surface area contributed by atoms with Crippen LogP contribution in [0, 0.1) is 6.92 Å². The van der Waals surface area contributed by atoms with Gasteiger partial charge in [0.1, 0.15) is 17.5 Å². The highest BCUT2D eigenvalue weighted by molar-refractivity contribution is 5.57. The first-order chi connectivity index (χ1) is 9.24. The topological polar surface area (TPSA) is 62.7 Å². The first kappa shape index (κ1) is 13.3. The number of nitrogens with one attached hydrogen (secondary N) is 2. The lowest BCUT2D eigenvalue weighted by atomic mass is 10.2. The van der Waals surface area contributed by atoms with Gasteiger partial charge in [-0.05, 0) is 24.6 Å². The molecule has 0 unspecified atom stereocenters. The predicted octanol–water partition coefficient (Wildman–Crippen LogP) is 2.40. The van der Waals surface area contributed by atoms with E-state index < -0.39 is 0 Å². The second-order valence-corrected chi connectivity index (χ2v) is 4.27. The first-order valence-corrected chi connectivity index (χ1v) is 6.42. The lowest BCUT2D eigenvalue weighted by molar-refractivity contribution is 0.924. The van der Waals surface area contributed by atoms with E-state index in [1.54, 1.807) is 12.4 Å². The third kappa shape index (κ3) is 3.19. The number of hydrogen-bond acceptors (Lipinski definition) is 5. The van der Waals surface area contributed by atoms with E-state index in [4.69, 9.17) is 0 Å². The minimum atomic E-state index is 0.729. The zero-order valence-electron chi connectivity index (χ0n) is 11.6. The van der Waals surface area contributed by atoms with Gasteiger partial charge >= 0.3 is 0 Å². The van der Waals surface area contributed by atoms with E-state index in [2.05, 4.69) is 32.5 Å². The van der Waals surface area contributed by atoms with Crippen molar-refractivity contribution in [2.45, 2.75) is 26.8 Å². The first-order valence-electron chi connectivity index (χ1n) is 6.42. The summed E-state index contributed by atoms with van der Waals surface area (Å²) in [4.78, 5) is 13.0. The summed E-state index contributed by atoms with van der Waals surface area (Å²) in [5.41, 5.74) is 2.21. The van der Waals surface area contributed by atoms with Crippen molar-refractivity contribution in [3.05, 3.63) is 41.5 Å². The molecule has 2 rings (SSSR count). The van der Waals surface area contributed by atoms with Crippen molar-refractivity contribution in [1.82, 2.24) is 15.0 Å². The quantitative estimate of drug-likeness (QED) is 0.861. The average Bonchev–Trinajstić information content (AvgIpc) is 2.47. The van der Waals surface area contributed by atoms with Crippen molar-refractivity contribution in [3.63, 3.8) is 0 Å². The molecule has 5 heteroatoms. The van der Waals surface area contributed by atoms with Crippen molar-refractivity contribution in [3.8, 4) is 0 Å². The normalized spacial score (nSPS) is 10.3. The van der Waals surface area contributed by atoms with E-state index in [0.717, 1.165) is 36.0 Å². The monoisotopic (exact) mass is 257 g/mol. The minimum absolute atomic E-state index is 0.729. The smallest absolute Gasteiger partial charge is 0.135 e. The molecule has 0 aromatic carbocycles. The van der Waals surface area contributed by atoms with E-state index in [0.29, 0.717) is 0 Å². The van der Waals surface area contributed by atoms with Gasteiger partial charge in [-0.25, -0.2) is 9.97 Å². The predicted molar refractivity (Wildman–Crippen MR) is 77.3 cm³/mol. The van der Waals surface area contributed by atoms with Crippen LogP contribution in [0.3, 0.4) is 0 Å². The maximum Gasteiger partial charge on any atom is 0.135 e. The van der Waals surface area contributed by atoms with Crippen LogP contribution in [-0.2, 0) is 13.0 Å². The van der Waals surface area contributed by atoms with Crippen LogP contribution in [0.15, 0.2) is 24.5 Å². The Morgan fingerprint density at radius 2 is 1.79 bits per heavy atom. The summed E-state index contributed by atoms with van der Waals surface area (Å²) >= 11 is 0. The molecule has 5 nitrogen and oxygen atoms in total. The summed E-state index contributed by atoms with van der Waals surface area (Å²) in [6, 6.07) is 3.98. The van der Waals surface area contributed by atoms with E-state index in [-0.39, 0.29) is 0 Å². The molecule has 0 radical (unpaired) electrons.